The van der Waals surface area contributed by atoms with Gasteiger partial charge in [0, 0.05) is 46.7 Å². The summed E-state index contributed by atoms with van der Waals surface area (Å²) in [5.74, 6) is -0.297. The minimum absolute atomic E-state index is 0.00349. The lowest BCUT2D eigenvalue weighted by Crippen LogP contribution is -2.53. The zero-order valence-electron chi connectivity index (χ0n) is 13.4. The van der Waals surface area contributed by atoms with Gasteiger partial charge in [0.1, 0.15) is 5.82 Å². The topological polar surface area (TPSA) is 60.9 Å². The molecule has 128 valence electrons. The van der Waals surface area contributed by atoms with E-state index in [1.807, 2.05) is 0 Å². The van der Waals surface area contributed by atoms with E-state index >= 15 is 0 Å². The number of rotatable bonds is 5. The van der Waals surface area contributed by atoms with Gasteiger partial charge < -0.3 is 4.90 Å². The molecule has 0 radical (unpaired) electrons. The van der Waals surface area contributed by atoms with Crippen LogP contribution in [0.1, 0.15) is 12.0 Å². The molecule has 0 unspecified atom stereocenters. The maximum Gasteiger partial charge on any atom is 0.281 e. The van der Waals surface area contributed by atoms with Crippen molar-refractivity contribution < 1.29 is 17.6 Å². The number of carbonyl (C=O) groups is 1. The third-order valence-corrected chi connectivity index (χ3v) is 5.86. The number of halogens is 1. The molecule has 1 fully saturated rings. The van der Waals surface area contributed by atoms with E-state index in [2.05, 4.69) is 0 Å². The van der Waals surface area contributed by atoms with Crippen LogP contribution in [-0.4, -0.2) is 68.1 Å². The van der Waals surface area contributed by atoms with Crippen molar-refractivity contribution in [3.8, 4) is 0 Å². The molecular formula is C15H22FN3O3S. The second-order valence-electron chi connectivity index (χ2n) is 5.70. The summed E-state index contributed by atoms with van der Waals surface area (Å²) in [6, 6.07) is 6.10. The zero-order chi connectivity index (χ0) is 17.0. The lowest BCUT2D eigenvalue weighted by atomic mass is 10.1. The molecule has 1 saturated heterocycles. The molecule has 2 rings (SSSR count). The van der Waals surface area contributed by atoms with E-state index in [9.17, 15) is 17.6 Å². The van der Waals surface area contributed by atoms with Crippen molar-refractivity contribution in [2.75, 3.05) is 40.3 Å². The quantitative estimate of drug-likeness (QED) is 0.791. The Labute approximate surface area is 136 Å². The van der Waals surface area contributed by atoms with Crippen molar-refractivity contribution in [2.24, 2.45) is 0 Å². The fourth-order valence-corrected chi connectivity index (χ4v) is 3.55. The average Bonchev–Trinajstić information content (AvgIpc) is 2.54. The molecule has 1 aliphatic rings. The van der Waals surface area contributed by atoms with Crippen molar-refractivity contribution in [3.63, 3.8) is 0 Å². The third kappa shape index (κ3) is 4.49. The van der Waals surface area contributed by atoms with Gasteiger partial charge in [0.2, 0.25) is 5.91 Å². The first kappa shape index (κ1) is 17.8. The van der Waals surface area contributed by atoms with Crippen LogP contribution in [0.15, 0.2) is 24.3 Å². The van der Waals surface area contributed by atoms with E-state index in [-0.39, 0.29) is 11.7 Å². The predicted molar refractivity (Wildman–Crippen MR) is 85.5 cm³/mol. The van der Waals surface area contributed by atoms with Gasteiger partial charge in [-0.05, 0) is 24.1 Å². The summed E-state index contributed by atoms with van der Waals surface area (Å²) in [6.07, 6.45) is 0.890. The molecule has 1 aromatic rings. The highest BCUT2D eigenvalue weighted by atomic mass is 32.2. The Morgan fingerprint density at radius 3 is 2.22 bits per heavy atom. The lowest BCUT2D eigenvalue weighted by Gasteiger charge is -2.35. The van der Waals surface area contributed by atoms with Crippen molar-refractivity contribution in [1.29, 1.82) is 0 Å². The van der Waals surface area contributed by atoms with E-state index in [4.69, 9.17) is 0 Å². The molecule has 0 saturated carbocycles. The van der Waals surface area contributed by atoms with E-state index in [1.54, 1.807) is 17.0 Å². The Bertz CT molecular complexity index is 638. The number of amides is 1. The van der Waals surface area contributed by atoms with Gasteiger partial charge in [0.25, 0.3) is 10.2 Å². The van der Waals surface area contributed by atoms with Crippen LogP contribution < -0.4 is 0 Å². The van der Waals surface area contributed by atoms with Crippen LogP contribution in [0.2, 0.25) is 0 Å². The van der Waals surface area contributed by atoms with Crippen LogP contribution in [0.3, 0.4) is 0 Å². The first-order valence-electron chi connectivity index (χ1n) is 7.50. The Kier molecular flexibility index (Phi) is 5.72. The number of carbonyl (C=O) groups excluding carboxylic acids is 1. The van der Waals surface area contributed by atoms with Crippen molar-refractivity contribution >= 4 is 16.1 Å². The maximum absolute atomic E-state index is 12.8. The molecule has 0 atom stereocenters. The van der Waals surface area contributed by atoms with Gasteiger partial charge in [-0.15, -0.1) is 0 Å². The van der Waals surface area contributed by atoms with E-state index in [1.165, 1.54) is 34.8 Å². The second-order valence-corrected chi connectivity index (χ2v) is 7.84. The Balaban J connectivity index is 1.83. The normalized spacial score (nSPS) is 16.8. The van der Waals surface area contributed by atoms with Gasteiger partial charge >= 0.3 is 0 Å². The molecule has 1 amide bonds. The molecule has 8 heteroatoms. The van der Waals surface area contributed by atoms with Crippen LogP contribution in [0, 0.1) is 5.82 Å². The van der Waals surface area contributed by atoms with Gasteiger partial charge in [-0.1, -0.05) is 12.1 Å². The summed E-state index contributed by atoms with van der Waals surface area (Å²) in [6.45, 7) is 1.41. The highest BCUT2D eigenvalue weighted by molar-refractivity contribution is 7.86. The van der Waals surface area contributed by atoms with E-state index in [0.717, 1.165) is 5.56 Å². The lowest BCUT2D eigenvalue weighted by molar-refractivity contribution is -0.132. The summed E-state index contributed by atoms with van der Waals surface area (Å²) in [4.78, 5) is 13.9. The monoisotopic (exact) mass is 343 g/mol. The van der Waals surface area contributed by atoms with Crippen LogP contribution >= 0.6 is 0 Å². The average molecular weight is 343 g/mol. The van der Waals surface area contributed by atoms with Gasteiger partial charge in [0.15, 0.2) is 0 Å². The standard InChI is InChI=1S/C15H22FN3O3S/c1-17(2)23(21,22)19-11-9-18(10-12-19)15(20)8-5-13-3-6-14(16)7-4-13/h3-4,6-7H,5,8-12H2,1-2H3. The third-order valence-electron chi connectivity index (χ3n) is 3.92. The van der Waals surface area contributed by atoms with Crippen molar-refractivity contribution in [1.82, 2.24) is 13.5 Å². The van der Waals surface area contributed by atoms with Crippen LogP contribution in [0.5, 0.6) is 0 Å². The molecular weight excluding hydrogens is 321 g/mol. The summed E-state index contributed by atoms with van der Waals surface area (Å²) >= 11 is 0. The number of benzene rings is 1. The zero-order valence-corrected chi connectivity index (χ0v) is 14.2. The molecule has 1 aliphatic heterocycles. The number of hydrogen-bond donors (Lipinski definition) is 0. The van der Waals surface area contributed by atoms with Gasteiger partial charge in [0.05, 0.1) is 0 Å². The minimum atomic E-state index is -3.42. The smallest absolute Gasteiger partial charge is 0.281 e. The summed E-state index contributed by atoms with van der Waals surface area (Å²) in [7, 11) is -0.424. The molecule has 1 aromatic carbocycles. The SMILES string of the molecule is CN(C)S(=O)(=O)N1CCN(C(=O)CCc2ccc(F)cc2)CC1. The summed E-state index contributed by atoms with van der Waals surface area (Å²) < 4.78 is 39.4. The summed E-state index contributed by atoms with van der Waals surface area (Å²) in [5, 5.41) is 0. The summed E-state index contributed by atoms with van der Waals surface area (Å²) in [5.41, 5.74) is 0.911. The molecule has 0 aliphatic carbocycles. The predicted octanol–water partition coefficient (Wildman–Crippen LogP) is 0.709. The molecule has 0 aromatic heterocycles. The molecule has 23 heavy (non-hydrogen) atoms. The molecule has 1 heterocycles. The second kappa shape index (κ2) is 7.37. The molecule has 0 bridgehead atoms. The van der Waals surface area contributed by atoms with Gasteiger partial charge in [-0.3, -0.25) is 4.79 Å². The van der Waals surface area contributed by atoms with Gasteiger partial charge in [-0.2, -0.15) is 17.0 Å². The van der Waals surface area contributed by atoms with Crippen molar-refractivity contribution in [3.05, 3.63) is 35.6 Å². The van der Waals surface area contributed by atoms with Gasteiger partial charge in [-0.25, -0.2) is 4.39 Å². The first-order chi connectivity index (χ1) is 10.8. The van der Waals surface area contributed by atoms with Crippen LogP contribution in [-0.2, 0) is 21.4 Å². The Morgan fingerprint density at radius 2 is 1.70 bits per heavy atom. The van der Waals surface area contributed by atoms with Crippen LogP contribution in [0.25, 0.3) is 0 Å². The number of nitrogens with zero attached hydrogens (tertiary/aromatic N) is 3. The Hall–Kier alpha value is -1.51. The fourth-order valence-electron chi connectivity index (χ4n) is 2.46. The molecule has 0 N–H and O–H groups in total. The highest BCUT2D eigenvalue weighted by Gasteiger charge is 2.29. The maximum atomic E-state index is 12.8. The fraction of sp³-hybridized carbons (Fsp3) is 0.533. The highest BCUT2D eigenvalue weighted by Crippen LogP contribution is 2.12. The largest absolute Gasteiger partial charge is 0.340 e. The minimum Gasteiger partial charge on any atom is -0.340 e. The number of piperazine rings is 1. The van der Waals surface area contributed by atoms with Crippen molar-refractivity contribution in [2.45, 2.75) is 12.8 Å². The molecule has 0 spiro atoms. The molecule has 6 nitrogen and oxygen atoms in total. The Morgan fingerprint density at radius 1 is 1.13 bits per heavy atom. The first-order valence-corrected chi connectivity index (χ1v) is 8.90. The number of aryl methyl sites for hydroxylation is 1. The van der Waals surface area contributed by atoms with E-state index in [0.29, 0.717) is 39.0 Å². The number of hydrogen-bond acceptors (Lipinski definition) is 3. The van der Waals surface area contributed by atoms with E-state index < -0.39 is 10.2 Å². The van der Waals surface area contributed by atoms with Crippen LogP contribution in [0.4, 0.5) is 4.39 Å².